The summed E-state index contributed by atoms with van der Waals surface area (Å²) >= 11 is 0. The molecule has 0 rings (SSSR count). The van der Waals surface area contributed by atoms with E-state index in [0.717, 1.165) is 0 Å². The molecule has 0 fully saturated rings. The molecule has 0 aromatic rings. The molecule has 0 saturated heterocycles. The van der Waals surface area contributed by atoms with Crippen molar-refractivity contribution >= 4 is 35.6 Å². The Labute approximate surface area is 189 Å². The zero-order valence-electron chi connectivity index (χ0n) is 17.9. The van der Waals surface area contributed by atoms with Crippen molar-refractivity contribution in [3.8, 4) is 0 Å². The quantitative estimate of drug-likeness (QED) is 0.0568. The minimum Gasteiger partial charge on any atom is -0.480 e. The van der Waals surface area contributed by atoms with Gasteiger partial charge in [-0.1, -0.05) is 0 Å². The van der Waals surface area contributed by atoms with Gasteiger partial charge in [0.2, 0.25) is 23.6 Å². The number of carboxylic acids is 1. The average molecular weight is 476 g/mol. The van der Waals surface area contributed by atoms with Crippen LogP contribution in [0.25, 0.3) is 0 Å². The molecule has 0 saturated carbocycles. The van der Waals surface area contributed by atoms with Crippen molar-refractivity contribution in [2.75, 3.05) is 19.8 Å². The van der Waals surface area contributed by atoms with Gasteiger partial charge >= 0.3 is 5.97 Å². The van der Waals surface area contributed by atoms with Gasteiger partial charge in [-0.3, -0.25) is 24.2 Å². The number of carboxylic acid groups (broad SMARTS) is 1. The highest BCUT2D eigenvalue weighted by molar-refractivity contribution is 5.94. The van der Waals surface area contributed by atoms with Crippen molar-refractivity contribution in [2.24, 2.45) is 27.9 Å². The molecule has 33 heavy (non-hydrogen) atoms. The first-order valence-electron chi connectivity index (χ1n) is 9.87. The molecule has 0 aliphatic carbocycles. The molecule has 4 amide bonds. The molecule has 0 aromatic heterocycles. The van der Waals surface area contributed by atoms with Gasteiger partial charge in [0.25, 0.3) is 0 Å². The molecule has 16 heteroatoms. The standard InChI is InChI=1S/C17H32N8O8/c18-8(6-26)13(29)23-10(3-4-12(19)28)15(31)24-9(2-1-5-22-17(20)21)14(30)25-11(7-27)16(32)33/h8-11,26-27H,1-7,18H2,(H2,19,28)(H,23,29)(H,24,31)(H,25,30)(H,32,33)(H4,20,21,22). The van der Waals surface area contributed by atoms with E-state index in [2.05, 4.69) is 20.9 Å². The first-order valence-corrected chi connectivity index (χ1v) is 9.87. The number of hydrogen-bond acceptors (Lipinski definition) is 9. The number of primary amides is 1. The van der Waals surface area contributed by atoms with Crippen LogP contribution in [-0.4, -0.2) is 94.8 Å². The number of aliphatic hydroxyl groups is 2. The summed E-state index contributed by atoms with van der Waals surface area (Å²) in [5.74, 6) is -5.16. The van der Waals surface area contributed by atoms with Gasteiger partial charge in [-0.2, -0.15) is 0 Å². The van der Waals surface area contributed by atoms with Crippen molar-refractivity contribution in [1.82, 2.24) is 16.0 Å². The zero-order valence-corrected chi connectivity index (χ0v) is 17.9. The molecule has 0 heterocycles. The van der Waals surface area contributed by atoms with Crippen LogP contribution in [0.3, 0.4) is 0 Å². The highest BCUT2D eigenvalue weighted by Gasteiger charge is 2.30. The summed E-state index contributed by atoms with van der Waals surface area (Å²) in [6, 6.07) is -5.61. The second kappa shape index (κ2) is 15.3. The highest BCUT2D eigenvalue weighted by atomic mass is 16.4. The maximum Gasteiger partial charge on any atom is 0.328 e. The number of carbonyl (C=O) groups is 5. The average Bonchev–Trinajstić information content (AvgIpc) is 2.75. The van der Waals surface area contributed by atoms with Crippen molar-refractivity contribution in [2.45, 2.75) is 49.9 Å². The number of nitrogens with one attached hydrogen (secondary N) is 3. The lowest BCUT2D eigenvalue weighted by atomic mass is 10.1. The van der Waals surface area contributed by atoms with Crippen LogP contribution in [0.15, 0.2) is 4.99 Å². The number of carbonyl (C=O) groups excluding carboxylic acids is 4. The second-order valence-electron chi connectivity index (χ2n) is 6.95. The Bertz CT molecular complexity index is 728. The Morgan fingerprint density at radius 1 is 0.788 bits per heavy atom. The Kier molecular flexibility index (Phi) is 13.7. The third-order valence-corrected chi connectivity index (χ3v) is 4.22. The Balaban J connectivity index is 5.52. The van der Waals surface area contributed by atoms with E-state index in [1.807, 2.05) is 0 Å². The van der Waals surface area contributed by atoms with Gasteiger partial charge in [0.05, 0.1) is 13.2 Å². The smallest absolute Gasteiger partial charge is 0.328 e. The molecule has 14 N–H and O–H groups in total. The first-order chi connectivity index (χ1) is 15.4. The van der Waals surface area contributed by atoms with Crippen LogP contribution < -0.4 is 38.9 Å². The van der Waals surface area contributed by atoms with Crippen LogP contribution in [0.1, 0.15) is 25.7 Å². The summed E-state index contributed by atoms with van der Waals surface area (Å²) in [4.78, 5) is 63.2. The monoisotopic (exact) mass is 476 g/mol. The lowest BCUT2D eigenvalue weighted by Gasteiger charge is -2.24. The molecule has 0 spiro atoms. The van der Waals surface area contributed by atoms with Crippen LogP contribution in [0, 0.1) is 0 Å². The summed E-state index contributed by atoms with van der Waals surface area (Å²) in [6.07, 6.45) is -0.374. The van der Waals surface area contributed by atoms with Gasteiger partial charge < -0.3 is 54.2 Å². The predicted molar refractivity (Wildman–Crippen MR) is 114 cm³/mol. The Morgan fingerprint density at radius 3 is 1.76 bits per heavy atom. The van der Waals surface area contributed by atoms with Gasteiger partial charge in [-0.15, -0.1) is 0 Å². The number of rotatable bonds is 16. The lowest BCUT2D eigenvalue weighted by molar-refractivity contribution is -0.143. The van der Waals surface area contributed by atoms with Gasteiger partial charge in [0.1, 0.15) is 24.2 Å². The summed E-state index contributed by atoms with van der Waals surface area (Å²) in [7, 11) is 0. The lowest BCUT2D eigenvalue weighted by Crippen LogP contribution is -2.57. The topological polar surface area (TPSA) is 299 Å². The van der Waals surface area contributed by atoms with Gasteiger partial charge in [0, 0.05) is 13.0 Å². The molecule has 16 nitrogen and oxygen atoms in total. The number of hydrogen-bond donors (Lipinski definition) is 10. The fourth-order valence-corrected chi connectivity index (χ4v) is 2.42. The molecule has 188 valence electrons. The Hall–Kier alpha value is -3.50. The molecule has 0 radical (unpaired) electrons. The van der Waals surface area contributed by atoms with E-state index in [4.69, 9.17) is 38.3 Å². The fourth-order valence-electron chi connectivity index (χ4n) is 2.42. The van der Waals surface area contributed by atoms with Crippen molar-refractivity contribution in [3.05, 3.63) is 0 Å². The van der Waals surface area contributed by atoms with E-state index in [1.54, 1.807) is 0 Å². The number of nitrogens with two attached hydrogens (primary N) is 4. The van der Waals surface area contributed by atoms with Crippen LogP contribution in [0.2, 0.25) is 0 Å². The number of guanidine groups is 1. The van der Waals surface area contributed by atoms with Gasteiger partial charge in [-0.25, -0.2) is 4.79 Å². The van der Waals surface area contributed by atoms with Crippen molar-refractivity contribution in [1.29, 1.82) is 0 Å². The number of aliphatic carboxylic acids is 1. The minimum absolute atomic E-state index is 0.0429. The number of aliphatic hydroxyl groups excluding tert-OH is 2. The molecule has 0 aromatic carbocycles. The fraction of sp³-hybridized carbons (Fsp3) is 0.647. The van der Waals surface area contributed by atoms with Crippen LogP contribution in [0.5, 0.6) is 0 Å². The van der Waals surface area contributed by atoms with E-state index < -0.39 is 67.0 Å². The van der Waals surface area contributed by atoms with Crippen molar-refractivity contribution < 1.29 is 39.3 Å². The number of amides is 4. The number of nitrogens with zero attached hydrogens (tertiary/aromatic N) is 1. The maximum absolute atomic E-state index is 12.8. The molecular weight excluding hydrogens is 444 g/mol. The second-order valence-corrected chi connectivity index (χ2v) is 6.95. The minimum atomic E-state index is -1.62. The van der Waals surface area contributed by atoms with Crippen LogP contribution in [0.4, 0.5) is 0 Å². The van der Waals surface area contributed by atoms with E-state index in [1.165, 1.54) is 0 Å². The molecule has 0 aliphatic rings. The molecule has 0 aliphatic heterocycles. The number of aliphatic imine (C=N–C) groups is 1. The van der Waals surface area contributed by atoms with Crippen LogP contribution >= 0.6 is 0 Å². The summed E-state index contributed by atoms with van der Waals surface area (Å²) in [6.45, 7) is -1.51. The predicted octanol–water partition coefficient (Wildman–Crippen LogP) is -5.84. The van der Waals surface area contributed by atoms with Gasteiger partial charge in [0.15, 0.2) is 5.96 Å². The SMILES string of the molecule is NC(=O)CCC(NC(=O)C(N)CO)C(=O)NC(CCCN=C(N)N)C(=O)NC(CO)C(=O)O. The molecule has 4 unspecified atom stereocenters. The highest BCUT2D eigenvalue weighted by Crippen LogP contribution is 2.04. The summed E-state index contributed by atoms with van der Waals surface area (Å²) in [5, 5.41) is 33.8. The molecule has 0 bridgehead atoms. The third-order valence-electron chi connectivity index (χ3n) is 4.22. The normalized spacial score (nSPS) is 14.2. The van der Waals surface area contributed by atoms with Crippen LogP contribution in [-0.2, 0) is 24.0 Å². The molecular formula is C17H32N8O8. The van der Waals surface area contributed by atoms with Gasteiger partial charge in [-0.05, 0) is 19.3 Å². The van der Waals surface area contributed by atoms with E-state index >= 15 is 0 Å². The first kappa shape index (κ1) is 29.5. The largest absolute Gasteiger partial charge is 0.480 e. The van der Waals surface area contributed by atoms with E-state index in [9.17, 15) is 24.0 Å². The maximum atomic E-state index is 12.8. The summed E-state index contributed by atoms with van der Waals surface area (Å²) in [5.41, 5.74) is 21.0. The Morgan fingerprint density at radius 2 is 1.30 bits per heavy atom. The summed E-state index contributed by atoms with van der Waals surface area (Å²) < 4.78 is 0. The van der Waals surface area contributed by atoms with E-state index in [-0.39, 0.29) is 38.2 Å². The molecule has 4 atom stereocenters. The van der Waals surface area contributed by atoms with Crippen molar-refractivity contribution in [3.63, 3.8) is 0 Å². The third kappa shape index (κ3) is 12.2. The van der Waals surface area contributed by atoms with E-state index in [0.29, 0.717) is 0 Å². The zero-order chi connectivity index (χ0) is 25.6.